The summed E-state index contributed by atoms with van der Waals surface area (Å²) in [5, 5.41) is 2.21. The van der Waals surface area contributed by atoms with Gasteiger partial charge in [0.1, 0.15) is 11.5 Å². The molecule has 0 aliphatic carbocycles. The maximum absolute atomic E-state index is 12.9. The van der Waals surface area contributed by atoms with Crippen molar-refractivity contribution >= 4 is 16.7 Å². The molecule has 0 bridgehead atoms. The number of fused-ring (bicyclic) bond motifs is 1. The number of likely N-dealkylation sites (N-methyl/N-ethyl adjacent to an activating group) is 1. The normalized spacial score (nSPS) is 11.9. The van der Waals surface area contributed by atoms with Crippen molar-refractivity contribution in [1.29, 1.82) is 0 Å². The van der Waals surface area contributed by atoms with Crippen LogP contribution >= 0.6 is 0 Å². The summed E-state index contributed by atoms with van der Waals surface area (Å²) in [5.74, 6) is 1.57. The Hall–Kier alpha value is -3.01. The molecule has 3 rings (SSSR count). The Morgan fingerprint density at radius 1 is 0.964 bits per heavy atom. The minimum Gasteiger partial charge on any atom is -0.497 e. The van der Waals surface area contributed by atoms with Crippen LogP contribution in [0.5, 0.6) is 11.5 Å². The van der Waals surface area contributed by atoms with Crippen molar-refractivity contribution in [3.63, 3.8) is 0 Å². The van der Waals surface area contributed by atoms with E-state index in [1.165, 1.54) is 0 Å². The Morgan fingerprint density at radius 3 is 2.29 bits per heavy atom. The number of carbonyl (C=O) groups is 1. The van der Waals surface area contributed by atoms with Gasteiger partial charge in [-0.1, -0.05) is 36.4 Å². The summed E-state index contributed by atoms with van der Waals surface area (Å²) in [6.07, 6.45) is 0. The molecule has 0 saturated carbocycles. The zero-order chi connectivity index (χ0) is 20.1. The number of ether oxygens (including phenoxy) is 2. The molecular formula is C24H27NO3. The van der Waals surface area contributed by atoms with Crippen LogP contribution in [0.15, 0.2) is 60.7 Å². The predicted molar refractivity (Wildman–Crippen MR) is 113 cm³/mol. The lowest BCUT2D eigenvalue weighted by Gasteiger charge is -2.22. The van der Waals surface area contributed by atoms with Crippen molar-refractivity contribution in [3.8, 4) is 11.5 Å². The van der Waals surface area contributed by atoms with Crippen molar-refractivity contribution in [2.45, 2.75) is 26.3 Å². The predicted octanol–water partition coefficient (Wildman–Crippen LogP) is 5.01. The zero-order valence-electron chi connectivity index (χ0n) is 16.9. The molecule has 0 aliphatic rings. The molecule has 4 nitrogen and oxygen atoms in total. The minimum atomic E-state index is -0.209. The topological polar surface area (TPSA) is 38.8 Å². The first-order chi connectivity index (χ1) is 13.5. The summed E-state index contributed by atoms with van der Waals surface area (Å²) in [6, 6.07) is 20.0. The lowest BCUT2D eigenvalue weighted by Crippen LogP contribution is -2.30. The van der Waals surface area contributed by atoms with E-state index in [4.69, 9.17) is 9.47 Å². The van der Waals surface area contributed by atoms with Gasteiger partial charge in [0.15, 0.2) is 0 Å². The standard InChI is InChI=1S/C24H27NO3/c1-5-28-22-11-6-18(7-12-22)16-25(3)24(26)17(2)19-8-9-21-15-23(27-4)13-10-20(21)14-19/h6-15,17H,5,16H2,1-4H3/t17-/m1/s1. The van der Waals surface area contributed by atoms with Crippen LogP contribution in [0.3, 0.4) is 0 Å². The molecule has 3 aromatic rings. The lowest BCUT2D eigenvalue weighted by molar-refractivity contribution is -0.131. The molecule has 1 atom stereocenters. The molecule has 0 radical (unpaired) electrons. The van der Waals surface area contributed by atoms with Crippen molar-refractivity contribution < 1.29 is 14.3 Å². The van der Waals surface area contributed by atoms with Crippen molar-refractivity contribution in [2.24, 2.45) is 0 Å². The molecule has 0 heterocycles. The van der Waals surface area contributed by atoms with Crippen LogP contribution in [0.1, 0.15) is 30.9 Å². The van der Waals surface area contributed by atoms with E-state index in [-0.39, 0.29) is 11.8 Å². The lowest BCUT2D eigenvalue weighted by atomic mass is 9.96. The third kappa shape index (κ3) is 4.45. The highest BCUT2D eigenvalue weighted by Gasteiger charge is 2.20. The van der Waals surface area contributed by atoms with E-state index in [1.54, 1.807) is 12.0 Å². The maximum Gasteiger partial charge on any atom is 0.229 e. The monoisotopic (exact) mass is 377 g/mol. The molecule has 0 spiro atoms. The van der Waals surface area contributed by atoms with Gasteiger partial charge in [-0.15, -0.1) is 0 Å². The van der Waals surface area contributed by atoms with Crippen LogP contribution < -0.4 is 9.47 Å². The molecule has 146 valence electrons. The Balaban J connectivity index is 1.71. The number of benzene rings is 3. The van der Waals surface area contributed by atoms with Crippen LogP contribution in [-0.4, -0.2) is 31.6 Å². The van der Waals surface area contributed by atoms with Gasteiger partial charge in [0.2, 0.25) is 5.91 Å². The fourth-order valence-electron chi connectivity index (χ4n) is 3.32. The quantitative estimate of drug-likeness (QED) is 0.581. The summed E-state index contributed by atoms with van der Waals surface area (Å²) >= 11 is 0. The molecule has 0 saturated heterocycles. The van der Waals surface area contributed by atoms with E-state index in [2.05, 4.69) is 6.07 Å². The second-order valence-electron chi connectivity index (χ2n) is 6.97. The number of hydrogen-bond acceptors (Lipinski definition) is 3. The summed E-state index contributed by atoms with van der Waals surface area (Å²) in [4.78, 5) is 14.7. The minimum absolute atomic E-state index is 0.0988. The highest BCUT2D eigenvalue weighted by molar-refractivity contribution is 5.88. The van der Waals surface area contributed by atoms with Gasteiger partial charge in [-0.2, -0.15) is 0 Å². The molecule has 0 unspecified atom stereocenters. The van der Waals surface area contributed by atoms with Gasteiger partial charge >= 0.3 is 0 Å². The van der Waals surface area contributed by atoms with Gasteiger partial charge in [0.05, 0.1) is 19.6 Å². The largest absolute Gasteiger partial charge is 0.497 e. The second-order valence-corrected chi connectivity index (χ2v) is 6.97. The number of carbonyl (C=O) groups excluding carboxylic acids is 1. The number of hydrogen-bond donors (Lipinski definition) is 0. The fraction of sp³-hybridized carbons (Fsp3) is 0.292. The van der Waals surface area contributed by atoms with Gasteiger partial charge in [0.25, 0.3) is 0 Å². The average molecular weight is 377 g/mol. The van der Waals surface area contributed by atoms with E-state index in [9.17, 15) is 4.79 Å². The molecule has 0 aliphatic heterocycles. The molecule has 1 amide bonds. The van der Waals surface area contributed by atoms with E-state index in [0.717, 1.165) is 33.4 Å². The van der Waals surface area contributed by atoms with Gasteiger partial charge in [-0.25, -0.2) is 0 Å². The Labute approximate surface area is 166 Å². The molecule has 0 aromatic heterocycles. The van der Waals surface area contributed by atoms with Crippen molar-refractivity contribution in [2.75, 3.05) is 20.8 Å². The first kappa shape index (κ1) is 19.7. The molecule has 0 N–H and O–H groups in total. The van der Waals surface area contributed by atoms with Crippen molar-refractivity contribution in [3.05, 3.63) is 71.8 Å². The summed E-state index contributed by atoms with van der Waals surface area (Å²) < 4.78 is 10.7. The summed E-state index contributed by atoms with van der Waals surface area (Å²) in [5.41, 5.74) is 2.10. The smallest absolute Gasteiger partial charge is 0.229 e. The third-order valence-electron chi connectivity index (χ3n) is 4.97. The average Bonchev–Trinajstić information content (AvgIpc) is 2.73. The number of amides is 1. The first-order valence-corrected chi connectivity index (χ1v) is 9.56. The number of rotatable bonds is 7. The van der Waals surface area contributed by atoms with Crippen molar-refractivity contribution in [1.82, 2.24) is 4.90 Å². The maximum atomic E-state index is 12.9. The van der Waals surface area contributed by atoms with E-state index < -0.39 is 0 Å². The number of nitrogens with zero attached hydrogens (tertiary/aromatic N) is 1. The van der Waals surface area contributed by atoms with Gasteiger partial charge in [-0.05, 0) is 60.0 Å². The number of methoxy groups -OCH3 is 1. The fourth-order valence-corrected chi connectivity index (χ4v) is 3.32. The Bertz CT molecular complexity index is 950. The SMILES string of the molecule is CCOc1ccc(CN(C)C(=O)[C@H](C)c2ccc3cc(OC)ccc3c2)cc1. The Kier molecular flexibility index (Phi) is 6.19. The van der Waals surface area contributed by atoms with E-state index >= 15 is 0 Å². The molecule has 4 heteroatoms. The van der Waals surface area contributed by atoms with Gasteiger partial charge < -0.3 is 14.4 Å². The van der Waals surface area contributed by atoms with E-state index in [0.29, 0.717) is 13.2 Å². The van der Waals surface area contributed by atoms with Gasteiger partial charge in [0, 0.05) is 13.6 Å². The highest BCUT2D eigenvalue weighted by atomic mass is 16.5. The van der Waals surface area contributed by atoms with Crippen LogP contribution in [0, 0.1) is 0 Å². The molecule has 28 heavy (non-hydrogen) atoms. The third-order valence-corrected chi connectivity index (χ3v) is 4.97. The van der Waals surface area contributed by atoms with Gasteiger partial charge in [-0.3, -0.25) is 4.79 Å². The molecule has 0 fully saturated rings. The first-order valence-electron chi connectivity index (χ1n) is 9.56. The van der Waals surface area contributed by atoms with Crippen LogP contribution in [-0.2, 0) is 11.3 Å². The summed E-state index contributed by atoms with van der Waals surface area (Å²) in [6.45, 7) is 5.14. The molecular weight excluding hydrogens is 350 g/mol. The van der Waals surface area contributed by atoms with Crippen LogP contribution in [0.2, 0.25) is 0 Å². The van der Waals surface area contributed by atoms with Crippen LogP contribution in [0.4, 0.5) is 0 Å². The Morgan fingerprint density at radius 2 is 1.61 bits per heavy atom. The highest BCUT2D eigenvalue weighted by Crippen LogP contribution is 2.26. The summed E-state index contributed by atoms with van der Waals surface area (Å²) in [7, 11) is 3.51. The zero-order valence-corrected chi connectivity index (χ0v) is 16.9. The molecule has 3 aromatic carbocycles. The van der Waals surface area contributed by atoms with E-state index in [1.807, 2.05) is 75.5 Å². The second kappa shape index (κ2) is 8.79. The van der Waals surface area contributed by atoms with Crippen LogP contribution in [0.25, 0.3) is 10.8 Å².